The van der Waals surface area contributed by atoms with Crippen molar-refractivity contribution in [1.82, 2.24) is 0 Å². The number of carboxylic acids is 3. The van der Waals surface area contributed by atoms with Crippen LogP contribution >= 0.6 is 0 Å². The van der Waals surface area contributed by atoms with E-state index in [0.29, 0.717) is 43.4 Å². The van der Waals surface area contributed by atoms with E-state index in [4.69, 9.17) is 10.2 Å². The molecule has 7 heteroatoms. The normalized spacial score (nSPS) is 11.8. The molecule has 0 atom stereocenters. The van der Waals surface area contributed by atoms with Crippen LogP contribution in [0.5, 0.6) is 0 Å². The smallest absolute Gasteiger partial charge is 0.303 e. The van der Waals surface area contributed by atoms with E-state index < -0.39 is 17.9 Å². The summed E-state index contributed by atoms with van der Waals surface area (Å²) in [5.41, 5.74) is 0. The number of aliphatic carboxylic acids is 3. The lowest BCUT2D eigenvalue weighted by molar-refractivity contribution is -0.929. The van der Waals surface area contributed by atoms with E-state index in [1.54, 1.807) is 0 Å². The van der Waals surface area contributed by atoms with Crippen LogP contribution in [0.2, 0.25) is 0 Å². The predicted molar refractivity (Wildman–Crippen MR) is 138 cm³/mol. The molecule has 0 amide bonds. The Kier molecular flexibility index (Phi) is 21.3. The Balaban J connectivity index is 4.43. The van der Waals surface area contributed by atoms with Gasteiger partial charge in [-0.2, -0.15) is 0 Å². The maximum atomic E-state index is 11.0. The van der Waals surface area contributed by atoms with Gasteiger partial charge in [-0.25, -0.2) is 0 Å². The number of allylic oxidation sites excluding steroid dienone is 2. The molecule has 0 radical (unpaired) electrons. The fourth-order valence-electron chi connectivity index (χ4n) is 4.70. The van der Waals surface area contributed by atoms with Crippen LogP contribution in [0.25, 0.3) is 0 Å². The summed E-state index contributed by atoms with van der Waals surface area (Å²) in [5.74, 6) is -2.76. The number of hydrogen-bond acceptors (Lipinski definition) is 4. The molecule has 0 aliphatic heterocycles. The van der Waals surface area contributed by atoms with Crippen LogP contribution in [-0.4, -0.2) is 58.8 Å². The van der Waals surface area contributed by atoms with Gasteiger partial charge in [0.25, 0.3) is 0 Å². The van der Waals surface area contributed by atoms with Gasteiger partial charge in [-0.05, 0) is 44.9 Å². The van der Waals surface area contributed by atoms with Gasteiger partial charge in [0.2, 0.25) is 0 Å². The molecule has 0 bridgehead atoms. The van der Waals surface area contributed by atoms with Crippen molar-refractivity contribution < 1.29 is 34.2 Å². The van der Waals surface area contributed by atoms with E-state index >= 15 is 0 Å². The Morgan fingerprint density at radius 1 is 0.600 bits per heavy atom. The van der Waals surface area contributed by atoms with E-state index in [0.717, 1.165) is 32.2 Å². The van der Waals surface area contributed by atoms with Crippen molar-refractivity contribution in [1.29, 1.82) is 0 Å². The molecule has 0 spiro atoms. The molecule has 0 aliphatic carbocycles. The van der Waals surface area contributed by atoms with Crippen molar-refractivity contribution >= 4 is 17.9 Å². The predicted octanol–water partition coefficient (Wildman–Crippen LogP) is 5.32. The van der Waals surface area contributed by atoms with E-state index in [1.807, 2.05) is 0 Å². The van der Waals surface area contributed by atoms with Crippen LogP contribution in [0.4, 0.5) is 0 Å². The summed E-state index contributed by atoms with van der Waals surface area (Å²) in [6.07, 6.45) is 20.7. The number of quaternary nitrogens is 1. The topological polar surface area (TPSA) is 115 Å². The van der Waals surface area contributed by atoms with E-state index in [2.05, 4.69) is 19.1 Å². The molecule has 0 saturated heterocycles. The lowest BCUT2D eigenvalue weighted by Gasteiger charge is -2.39. The summed E-state index contributed by atoms with van der Waals surface area (Å²) in [6.45, 7) is 4.98. The van der Waals surface area contributed by atoms with Gasteiger partial charge in [-0.15, -0.1) is 0 Å². The average molecular weight is 498 g/mol. The first-order valence-electron chi connectivity index (χ1n) is 13.9. The van der Waals surface area contributed by atoms with Crippen LogP contribution in [0, 0.1) is 0 Å². The highest BCUT2D eigenvalue weighted by Gasteiger charge is 2.26. The summed E-state index contributed by atoms with van der Waals surface area (Å²) < 4.78 is 0.606. The largest absolute Gasteiger partial charge is 0.550 e. The van der Waals surface area contributed by atoms with E-state index in [-0.39, 0.29) is 19.3 Å². The fraction of sp³-hybridized carbons (Fsp3) is 0.821. The first kappa shape index (κ1) is 33.1. The Labute approximate surface area is 213 Å². The number of carboxylic acid groups (broad SMARTS) is 3. The minimum Gasteiger partial charge on any atom is -0.550 e. The maximum Gasteiger partial charge on any atom is 0.303 e. The van der Waals surface area contributed by atoms with Crippen molar-refractivity contribution in [2.24, 2.45) is 0 Å². The summed E-state index contributed by atoms with van der Waals surface area (Å²) in [6, 6.07) is 0. The molecule has 0 heterocycles. The third-order valence-electron chi connectivity index (χ3n) is 6.70. The standard InChI is InChI=1S/C28H51NO6/c1-2-3-4-5-6-7-8-9-10-11-12-13-14-15-22-29(23-16-19-26(30)31,24-17-20-27(32)33)25-18-21-28(34)35/h8-9H,2-7,10-25H2,1H3,(H2-,30,31,32,33,34,35)/b9-8+. The molecular formula is C28H51NO6. The van der Waals surface area contributed by atoms with Gasteiger partial charge >= 0.3 is 11.9 Å². The molecule has 0 saturated carbocycles. The summed E-state index contributed by atoms with van der Waals surface area (Å²) in [7, 11) is 0. The maximum absolute atomic E-state index is 11.0. The zero-order valence-corrected chi connectivity index (χ0v) is 22.2. The van der Waals surface area contributed by atoms with Gasteiger partial charge in [0.15, 0.2) is 0 Å². The van der Waals surface area contributed by atoms with Gasteiger partial charge in [-0.3, -0.25) is 9.59 Å². The van der Waals surface area contributed by atoms with Crippen LogP contribution < -0.4 is 5.11 Å². The highest BCUT2D eigenvalue weighted by atomic mass is 16.4. The first-order chi connectivity index (χ1) is 16.8. The minimum atomic E-state index is -1.08. The zero-order chi connectivity index (χ0) is 26.2. The molecule has 0 aliphatic rings. The fourth-order valence-corrected chi connectivity index (χ4v) is 4.70. The zero-order valence-electron chi connectivity index (χ0n) is 22.2. The van der Waals surface area contributed by atoms with Gasteiger partial charge < -0.3 is 24.6 Å². The van der Waals surface area contributed by atoms with Crippen molar-refractivity contribution in [3.63, 3.8) is 0 Å². The molecule has 0 aromatic rings. The average Bonchev–Trinajstić information content (AvgIpc) is 2.78. The second-order valence-corrected chi connectivity index (χ2v) is 9.94. The quantitative estimate of drug-likeness (QED) is 0.0949. The van der Waals surface area contributed by atoms with E-state index in [1.165, 1.54) is 51.4 Å². The summed E-state index contributed by atoms with van der Waals surface area (Å²) in [5, 5.41) is 29.0. The number of carbonyl (C=O) groups is 3. The molecule has 0 rings (SSSR count). The lowest BCUT2D eigenvalue weighted by atomic mass is 10.1. The molecule has 0 aromatic heterocycles. The number of unbranched alkanes of at least 4 members (excludes halogenated alkanes) is 10. The monoisotopic (exact) mass is 497 g/mol. The third-order valence-corrected chi connectivity index (χ3v) is 6.70. The molecule has 0 fully saturated rings. The minimum absolute atomic E-state index is 0.0237. The Morgan fingerprint density at radius 3 is 1.46 bits per heavy atom. The molecule has 204 valence electrons. The summed E-state index contributed by atoms with van der Waals surface area (Å²) in [4.78, 5) is 32.9. The van der Waals surface area contributed by atoms with Gasteiger partial charge in [0.05, 0.1) is 39.0 Å². The number of rotatable bonds is 26. The number of carbonyl (C=O) groups excluding carboxylic acids is 1. The highest BCUT2D eigenvalue weighted by molar-refractivity contribution is 5.66. The molecular weight excluding hydrogens is 446 g/mol. The number of nitrogens with zero attached hydrogens (tertiary/aromatic N) is 1. The van der Waals surface area contributed by atoms with Crippen LogP contribution in [-0.2, 0) is 14.4 Å². The summed E-state index contributed by atoms with van der Waals surface area (Å²) >= 11 is 0. The Hall–Kier alpha value is -1.89. The second-order valence-electron chi connectivity index (χ2n) is 9.94. The van der Waals surface area contributed by atoms with Crippen molar-refractivity contribution in [3.05, 3.63) is 12.2 Å². The van der Waals surface area contributed by atoms with Crippen molar-refractivity contribution in [2.45, 2.75) is 122 Å². The third kappa shape index (κ3) is 22.3. The van der Waals surface area contributed by atoms with Crippen molar-refractivity contribution in [3.8, 4) is 0 Å². The van der Waals surface area contributed by atoms with Gasteiger partial charge in [0.1, 0.15) is 0 Å². The van der Waals surface area contributed by atoms with Crippen molar-refractivity contribution in [2.75, 3.05) is 26.2 Å². The van der Waals surface area contributed by atoms with Gasteiger partial charge in [-0.1, -0.05) is 57.6 Å². The molecule has 0 unspecified atom stereocenters. The molecule has 35 heavy (non-hydrogen) atoms. The first-order valence-corrected chi connectivity index (χ1v) is 13.9. The van der Waals surface area contributed by atoms with E-state index in [9.17, 15) is 19.5 Å². The van der Waals surface area contributed by atoms with Crippen LogP contribution in [0.1, 0.15) is 122 Å². The SMILES string of the molecule is CCCCCCC/C=C/CCCCCCC[N+](CCCC(=O)[O-])(CCCC(=O)O)CCCC(=O)O. The Bertz CT molecular complexity index is 540. The molecule has 7 nitrogen and oxygen atoms in total. The Morgan fingerprint density at radius 2 is 1.00 bits per heavy atom. The highest BCUT2D eigenvalue weighted by Crippen LogP contribution is 2.18. The molecule has 0 aromatic carbocycles. The molecule has 2 N–H and O–H groups in total. The van der Waals surface area contributed by atoms with Gasteiger partial charge in [0, 0.05) is 25.2 Å². The van der Waals surface area contributed by atoms with Crippen LogP contribution in [0.3, 0.4) is 0 Å². The lowest BCUT2D eigenvalue weighted by Crippen LogP contribution is -2.51. The number of hydrogen-bond donors (Lipinski definition) is 2. The second kappa shape index (κ2) is 22.6. The van der Waals surface area contributed by atoms with Crippen LogP contribution in [0.15, 0.2) is 12.2 Å².